The fraction of sp³-hybridized carbons (Fsp3) is 0.708. The number of fused-ring (bicyclic) bond motifs is 1. The van der Waals surface area contributed by atoms with Gasteiger partial charge in [0.15, 0.2) is 17.5 Å². The van der Waals surface area contributed by atoms with Crippen LogP contribution in [0.25, 0.3) is 0 Å². The molecule has 32 heavy (non-hydrogen) atoms. The fourth-order valence-electron chi connectivity index (χ4n) is 3.85. The minimum absolute atomic E-state index is 0.507. The van der Waals surface area contributed by atoms with Crippen LogP contribution >= 0.6 is 0 Å². The Kier molecular flexibility index (Phi) is 10.9. The van der Waals surface area contributed by atoms with Crippen molar-refractivity contribution in [3.8, 4) is 11.5 Å². The van der Waals surface area contributed by atoms with Gasteiger partial charge < -0.3 is 34.5 Å². The third-order valence-electron chi connectivity index (χ3n) is 5.53. The first-order chi connectivity index (χ1) is 15.7. The van der Waals surface area contributed by atoms with Crippen LogP contribution in [0, 0.1) is 5.92 Å². The zero-order valence-electron chi connectivity index (χ0n) is 19.7. The molecule has 1 saturated heterocycles. The minimum Gasteiger partial charge on any atom is -0.490 e. The number of methoxy groups -OCH3 is 1. The van der Waals surface area contributed by atoms with Crippen LogP contribution in [-0.2, 0) is 9.47 Å². The number of hydrogen-bond donors (Lipinski definition) is 2. The van der Waals surface area contributed by atoms with Crippen LogP contribution in [-0.4, -0.2) is 83.7 Å². The van der Waals surface area contributed by atoms with Gasteiger partial charge in [-0.2, -0.15) is 0 Å². The van der Waals surface area contributed by atoms with E-state index in [1.807, 2.05) is 18.2 Å². The number of aliphatic imine (C=N–C) groups is 1. The van der Waals surface area contributed by atoms with Crippen molar-refractivity contribution >= 4 is 11.6 Å². The van der Waals surface area contributed by atoms with E-state index >= 15 is 0 Å². The first kappa shape index (κ1) is 24.6. The van der Waals surface area contributed by atoms with Crippen LogP contribution in [0.1, 0.15) is 32.6 Å². The molecule has 2 aliphatic heterocycles. The van der Waals surface area contributed by atoms with Gasteiger partial charge >= 0.3 is 0 Å². The molecule has 1 unspecified atom stereocenters. The van der Waals surface area contributed by atoms with Crippen molar-refractivity contribution < 1.29 is 18.9 Å². The van der Waals surface area contributed by atoms with Gasteiger partial charge in [0.05, 0.1) is 26.4 Å². The van der Waals surface area contributed by atoms with E-state index in [-0.39, 0.29) is 0 Å². The number of hydrogen-bond acceptors (Lipinski definition) is 6. The van der Waals surface area contributed by atoms with E-state index in [9.17, 15) is 0 Å². The van der Waals surface area contributed by atoms with Crippen molar-refractivity contribution in [3.63, 3.8) is 0 Å². The molecule has 0 radical (unpaired) electrons. The van der Waals surface area contributed by atoms with E-state index in [1.165, 1.54) is 25.9 Å². The van der Waals surface area contributed by atoms with Gasteiger partial charge in [-0.15, -0.1) is 0 Å². The Morgan fingerprint density at radius 2 is 1.91 bits per heavy atom. The number of benzene rings is 1. The Morgan fingerprint density at radius 3 is 2.72 bits per heavy atom. The molecule has 0 amide bonds. The van der Waals surface area contributed by atoms with Crippen LogP contribution in [0.4, 0.5) is 5.69 Å². The van der Waals surface area contributed by atoms with E-state index < -0.39 is 0 Å². The highest BCUT2D eigenvalue weighted by molar-refractivity contribution is 5.94. The molecular weight excluding hydrogens is 408 g/mol. The summed E-state index contributed by atoms with van der Waals surface area (Å²) in [4.78, 5) is 7.42. The summed E-state index contributed by atoms with van der Waals surface area (Å²) in [6.07, 6.45) is 4.43. The number of anilines is 1. The maximum absolute atomic E-state index is 5.83. The maximum atomic E-state index is 5.83. The van der Waals surface area contributed by atoms with E-state index in [0.29, 0.717) is 39.0 Å². The molecule has 1 fully saturated rings. The number of nitrogens with zero attached hydrogens (tertiary/aromatic N) is 2. The third kappa shape index (κ3) is 8.84. The SMILES string of the molecule is COCCOCCCNC(=NCC(C)CN1CCCC1)Nc1ccc2c(c1)OCCCO2. The lowest BCUT2D eigenvalue weighted by atomic mass is 10.2. The second-order valence-corrected chi connectivity index (χ2v) is 8.52. The molecule has 1 aromatic carbocycles. The molecular formula is C24H40N4O4. The molecule has 8 nitrogen and oxygen atoms in total. The van der Waals surface area contributed by atoms with Crippen LogP contribution in [0.3, 0.4) is 0 Å². The fourth-order valence-corrected chi connectivity index (χ4v) is 3.85. The summed E-state index contributed by atoms with van der Waals surface area (Å²) in [5, 5.41) is 6.88. The summed E-state index contributed by atoms with van der Waals surface area (Å²) in [6.45, 7) is 10.7. The van der Waals surface area contributed by atoms with Gasteiger partial charge in [0.25, 0.3) is 0 Å². The normalized spacial score (nSPS) is 17.8. The molecule has 0 saturated carbocycles. The summed E-state index contributed by atoms with van der Waals surface area (Å²) in [5.41, 5.74) is 0.934. The second kappa shape index (κ2) is 14.2. The molecule has 8 heteroatoms. The highest BCUT2D eigenvalue weighted by atomic mass is 16.5. The molecule has 2 N–H and O–H groups in total. The van der Waals surface area contributed by atoms with E-state index in [2.05, 4.69) is 22.5 Å². The van der Waals surface area contributed by atoms with Gasteiger partial charge in [-0.1, -0.05) is 6.92 Å². The lowest BCUT2D eigenvalue weighted by molar-refractivity contribution is 0.0699. The Balaban J connectivity index is 1.54. The predicted molar refractivity (Wildman–Crippen MR) is 128 cm³/mol. The smallest absolute Gasteiger partial charge is 0.195 e. The topological polar surface area (TPSA) is 76.6 Å². The highest BCUT2D eigenvalue weighted by Crippen LogP contribution is 2.32. The van der Waals surface area contributed by atoms with E-state index in [0.717, 1.165) is 55.6 Å². The van der Waals surface area contributed by atoms with Crippen LogP contribution in [0.2, 0.25) is 0 Å². The Labute approximate surface area is 192 Å². The van der Waals surface area contributed by atoms with Gasteiger partial charge in [-0.3, -0.25) is 4.99 Å². The molecule has 3 rings (SSSR count). The van der Waals surface area contributed by atoms with Crippen molar-refractivity contribution in [1.29, 1.82) is 0 Å². The maximum Gasteiger partial charge on any atom is 0.195 e. The number of rotatable bonds is 12. The van der Waals surface area contributed by atoms with E-state index in [4.69, 9.17) is 23.9 Å². The molecule has 2 aliphatic rings. The zero-order valence-corrected chi connectivity index (χ0v) is 19.7. The van der Waals surface area contributed by atoms with Gasteiger partial charge in [-0.25, -0.2) is 0 Å². The van der Waals surface area contributed by atoms with E-state index in [1.54, 1.807) is 7.11 Å². The minimum atomic E-state index is 0.507. The van der Waals surface area contributed by atoms with Gasteiger partial charge in [-0.05, 0) is 50.4 Å². The standard InChI is InChI=1S/C24H40N4O4/c1-20(19-28-10-3-4-11-28)18-26-24(25-9-5-12-30-16-15-29-2)27-21-7-8-22-23(17-21)32-14-6-13-31-22/h7-8,17,20H,3-6,9-16,18-19H2,1-2H3,(H2,25,26,27). The number of likely N-dealkylation sites (tertiary alicyclic amines) is 1. The largest absolute Gasteiger partial charge is 0.490 e. The van der Waals surface area contributed by atoms with Crippen LogP contribution in [0.15, 0.2) is 23.2 Å². The first-order valence-corrected chi connectivity index (χ1v) is 12.0. The average molecular weight is 449 g/mol. The monoisotopic (exact) mass is 448 g/mol. The number of ether oxygens (including phenoxy) is 4. The molecule has 2 heterocycles. The molecule has 1 atom stereocenters. The summed E-state index contributed by atoms with van der Waals surface area (Å²) >= 11 is 0. The molecule has 0 bridgehead atoms. The quantitative estimate of drug-likeness (QED) is 0.289. The molecule has 0 aliphatic carbocycles. The van der Waals surface area contributed by atoms with Crippen LogP contribution < -0.4 is 20.1 Å². The average Bonchev–Trinajstić information content (AvgIpc) is 3.19. The molecule has 180 valence electrons. The summed E-state index contributed by atoms with van der Waals surface area (Å²) < 4.78 is 22.1. The van der Waals surface area contributed by atoms with Crippen molar-refractivity contribution in [2.75, 3.05) is 78.2 Å². The molecule has 0 aromatic heterocycles. The Bertz CT molecular complexity index is 695. The first-order valence-electron chi connectivity index (χ1n) is 12.0. The van der Waals surface area contributed by atoms with Gasteiger partial charge in [0.2, 0.25) is 0 Å². The lowest BCUT2D eigenvalue weighted by Gasteiger charge is -2.20. The van der Waals surface area contributed by atoms with Gasteiger partial charge in [0, 0.05) is 51.5 Å². The second-order valence-electron chi connectivity index (χ2n) is 8.52. The summed E-state index contributed by atoms with van der Waals surface area (Å²) in [5.74, 6) is 2.87. The Hall–Kier alpha value is -2.03. The predicted octanol–water partition coefficient (Wildman–Crippen LogP) is 2.99. The Morgan fingerprint density at radius 1 is 1.09 bits per heavy atom. The number of guanidine groups is 1. The molecule has 1 aromatic rings. The van der Waals surface area contributed by atoms with Crippen molar-refractivity contribution in [2.24, 2.45) is 10.9 Å². The third-order valence-corrected chi connectivity index (χ3v) is 5.53. The summed E-state index contributed by atoms with van der Waals surface area (Å²) in [6, 6.07) is 5.95. The molecule has 0 spiro atoms. The number of nitrogens with one attached hydrogen (secondary N) is 2. The van der Waals surface area contributed by atoms with Crippen LogP contribution in [0.5, 0.6) is 11.5 Å². The zero-order chi connectivity index (χ0) is 22.4. The lowest BCUT2D eigenvalue weighted by Crippen LogP contribution is -2.33. The van der Waals surface area contributed by atoms with Crippen molar-refractivity contribution in [2.45, 2.75) is 32.6 Å². The highest BCUT2D eigenvalue weighted by Gasteiger charge is 2.15. The van der Waals surface area contributed by atoms with Gasteiger partial charge in [0.1, 0.15) is 0 Å². The summed E-state index contributed by atoms with van der Waals surface area (Å²) in [7, 11) is 1.68. The van der Waals surface area contributed by atoms with Crippen molar-refractivity contribution in [1.82, 2.24) is 10.2 Å². The van der Waals surface area contributed by atoms with Crippen molar-refractivity contribution in [3.05, 3.63) is 18.2 Å².